The molecule has 21 heavy (non-hydrogen) atoms. The van der Waals surface area contributed by atoms with Crippen molar-refractivity contribution in [1.82, 2.24) is 10.6 Å². The van der Waals surface area contributed by atoms with E-state index in [9.17, 15) is 18.0 Å². The molecule has 2 N–H and O–H groups in total. The summed E-state index contributed by atoms with van der Waals surface area (Å²) in [6.45, 7) is 1.95. The maximum absolute atomic E-state index is 12.6. The summed E-state index contributed by atoms with van der Waals surface area (Å²) in [6, 6.07) is 5.04. The van der Waals surface area contributed by atoms with Crippen LogP contribution in [0, 0.1) is 5.92 Å². The van der Waals surface area contributed by atoms with Crippen LogP contribution in [0.15, 0.2) is 24.3 Å². The molecule has 116 valence electrons. The molecule has 0 aliphatic carbocycles. The summed E-state index contributed by atoms with van der Waals surface area (Å²) >= 11 is 0. The summed E-state index contributed by atoms with van der Waals surface area (Å²) in [5, 5.41) is 5.92. The molecule has 1 amide bonds. The van der Waals surface area contributed by atoms with E-state index in [1.54, 1.807) is 6.07 Å². The van der Waals surface area contributed by atoms with Crippen molar-refractivity contribution in [2.24, 2.45) is 5.92 Å². The van der Waals surface area contributed by atoms with Gasteiger partial charge in [-0.05, 0) is 49.5 Å². The van der Waals surface area contributed by atoms with Crippen molar-refractivity contribution < 1.29 is 18.0 Å². The Balaban J connectivity index is 1.83. The number of benzene rings is 1. The third-order valence-electron chi connectivity index (χ3n) is 3.62. The molecule has 1 aromatic carbocycles. The van der Waals surface area contributed by atoms with E-state index in [2.05, 4.69) is 10.6 Å². The molecule has 1 fully saturated rings. The number of hydrogen-bond donors (Lipinski definition) is 2. The van der Waals surface area contributed by atoms with Crippen molar-refractivity contribution in [2.75, 3.05) is 13.1 Å². The van der Waals surface area contributed by atoms with Crippen molar-refractivity contribution in [1.29, 1.82) is 0 Å². The first kappa shape index (κ1) is 15.8. The Hall–Kier alpha value is -1.56. The Bertz CT molecular complexity index is 482. The van der Waals surface area contributed by atoms with Gasteiger partial charge >= 0.3 is 6.18 Å². The Morgan fingerprint density at radius 3 is 2.86 bits per heavy atom. The molecule has 0 radical (unpaired) electrons. The van der Waals surface area contributed by atoms with Gasteiger partial charge in [0.05, 0.1) is 5.56 Å². The standard InChI is InChI=1S/C15H19F3N2O/c16-15(17,18)13-5-1-3-11(7-13)10-20-14(21)8-12-4-2-6-19-9-12/h1,3,5,7,12,19H,2,4,6,8-10H2,(H,20,21). The minimum atomic E-state index is -4.35. The predicted octanol–water partition coefficient (Wildman–Crippen LogP) is 2.71. The summed E-state index contributed by atoms with van der Waals surface area (Å²) < 4.78 is 37.7. The van der Waals surface area contributed by atoms with Gasteiger partial charge in [0.2, 0.25) is 5.91 Å². The van der Waals surface area contributed by atoms with Gasteiger partial charge in [-0.1, -0.05) is 12.1 Å². The Morgan fingerprint density at radius 2 is 2.19 bits per heavy atom. The van der Waals surface area contributed by atoms with Gasteiger partial charge in [-0.2, -0.15) is 13.2 Å². The zero-order valence-corrected chi connectivity index (χ0v) is 11.7. The number of amides is 1. The van der Waals surface area contributed by atoms with E-state index in [0.29, 0.717) is 17.9 Å². The quantitative estimate of drug-likeness (QED) is 0.897. The lowest BCUT2D eigenvalue weighted by Crippen LogP contribution is -2.34. The summed E-state index contributed by atoms with van der Waals surface area (Å²) in [4.78, 5) is 11.8. The molecule has 0 spiro atoms. The van der Waals surface area contributed by atoms with E-state index in [1.165, 1.54) is 6.07 Å². The van der Waals surface area contributed by atoms with Gasteiger partial charge in [0.15, 0.2) is 0 Å². The third kappa shape index (κ3) is 5.04. The van der Waals surface area contributed by atoms with E-state index in [-0.39, 0.29) is 12.5 Å². The minimum Gasteiger partial charge on any atom is -0.352 e. The summed E-state index contributed by atoms with van der Waals surface area (Å²) in [5.74, 6) is 0.210. The lowest BCUT2D eigenvalue weighted by Gasteiger charge is -2.22. The average Bonchev–Trinajstić information content (AvgIpc) is 2.46. The molecule has 1 unspecified atom stereocenters. The van der Waals surface area contributed by atoms with Crippen LogP contribution in [0.1, 0.15) is 30.4 Å². The topological polar surface area (TPSA) is 41.1 Å². The van der Waals surface area contributed by atoms with E-state index in [1.807, 2.05) is 0 Å². The van der Waals surface area contributed by atoms with Crippen LogP contribution in [0.3, 0.4) is 0 Å². The van der Waals surface area contributed by atoms with E-state index < -0.39 is 11.7 Å². The third-order valence-corrected chi connectivity index (χ3v) is 3.62. The lowest BCUT2D eigenvalue weighted by atomic mass is 9.96. The second kappa shape index (κ2) is 6.93. The van der Waals surface area contributed by atoms with Crippen molar-refractivity contribution in [3.8, 4) is 0 Å². The molecule has 1 heterocycles. The number of alkyl halides is 3. The molecule has 6 heteroatoms. The van der Waals surface area contributed by atoms with Gasteiger partial charge in [-0.3, -0.25) is 4.79 Å². The second-order valence-electron chi connectivity index (χ2n) is 5.39. The molecule has 1 atom stereocenters. The molecule has 1 aliphatic rings. The fourth-order valence-corrected chi connectivity index (χ4v) is 2.49. The lowest BCUT2D eigenvalue weighted by molar-refractivity contribution is -0.137. The van der Waals surface area contributed by atoms with Crippen molar-refractivity contribution >= 4 is 5.91 Å². The molecule has 0 bridgehead atoms. The first-order valence-corrected chi connectivity index (χ1v) is 7.08. The van der Waals surface area contributed by atoms with Crippen molar-refractivity contribution in [2.45, 2.75) is 32.0 Å². The average molecular weight is 300 g/mol. The SMILES string of the molecule is O=C(CC1CCCNC1)NCc1cccc(C(F)(F)F)c1. The molecular weight excluding hydrogens is 281 g/mol. The number of carbonyl (C=O) groups excluding carboxylic acids is 1. The van der Waals surface area contributed by atoms with Crippen LogP contribution in [0.5, 0.6) is 0 Å². The fraction of sp³-hybridized carbons (Fsp3) is 0.533. The fourth-order valence-electron chi connectivity index (χ4n) is 2.49. The highest BCUT2D eigenvalue weighted by molar-refractivity contribution is 5.76. The zero-order valence-electron chi connectivity index (χ0n) is 11.7. The van der Waals surface area contributed by atoms with Crippen LogP contribution in [0.4, 0.5) is 13.2 Å². The largest absolute Gasteiger partial charge is 0.416 e. The monoisotopic (exact) mass is 300 g/mol. The molecule has 1 aromatic rings. The molecular formula is C15H19F3N2O. The van der Waals surface area contributed by atoms with Crippen LogP contribution in [-0.4, -0.2) is 19.0 Å². The van der Waals surface area contributed by atoms with Crippen molar-refractivity contribution in [3.05, 3.63) is 35.4 Å². The van der Waals surface area contributed by atoms with Crippen LogP contribution in [-0.2, 0) is 17.5 Å². The van der Waals surface area contributed by atoms with Gasteiger partial charge in [0, 0.05) is 13.0 Å². The molecule has 3 nitrogen and oxygen atoms in total. The number of piperidine rings is 1. The highest BCUT2D eigenvalue weighted by Gasteiger charge is 2.30. The van der Waals surface area contributed by atoms with Crippen LogP contribution in [0.25, 0.3) is 0 Å². The normalized spacial score (nSPS) is 19.3. The number of rotatable bonds is 4. The van der Waals surface area contributed by atoms with E-state index >= 15 is 0 Å². The van der Waals surface area contributed by atoms with Gasteiger partial charge in [-0.15, -0.1) is 0 Å². The van der Waals surface area contributed by atoms with E-state index in [4.69, 9.17) is 0 Å². The van der Waals surface area contributed by atoms with Crippen molar-refractivity contribution in [3.63, 3.8) is 0 Å². The van der Waals surface area contributed by atoms with Gasteiger partial charge in [0.25, 0.3) is 0 Å². The van der Waals surface area contributed by atoms with Gasteiger partial charge < -0.3 is 10.6 Å². The Morgan fingerprint density at radius 1 is 1.38 bits per heavy atom. The van der Waals surface area contributed by atoms with E-state index in [0.717, 1.165) is 38.1 Å². The molecule has 0 aromatic heterocycles. The first-order chi connectivity index (χ1) is 9.95. The zero-order chi connectivity index (χ0) is 15.3. The number of nitrogens with one attached hydrogen (secondary N) is 2. The summed E-state index contributed by atoms with van der Waals surface area (Å²) in [7, 11) is 0. The Labute approximate surface area is 121 Å². The summed E-state index contributed by atoms with van der Waals surface area (Å²) in [5.41, 5.74) is -0.231. The van der Waals surface area contributed by atoms with Crippen LogP contribution in [0.2, 0.25) is 0 Å². The first-order valence-electron chi connectivity index (χ1n) is 7.08. The molecule has 1 saturated heterocycles. The Kier molecular flexibility index (Phi) is 5.22. The number of halogens is 3. The summed E-state index contributed by atoms with van der Waals surface area (Å²) in [6.07, 6.45) is -1.85. The van der Waals surface area contributed by atoms with Gasteiger partial charge in [-0.25, -0.2) is 0 Å². The molecule has 2 rings (SSSR count). The predicted molar refractivity (Wildman–Crippen MR) is 73.5 cm³/mol. The number of hydrogen-bond acceptors (Lipinski definition) is 2. The highest BCUT2D eigenvalue weighted by Crippen LogP contribution is 2.29. The number of carbonyl (C=O) groups is 1. The van der Waals surface area contributed by atoms with Gasteiger partial charge in [0.1, 0.15) is 0 Å². The second-order valence-corrected chi connectivity index (χ2v) is 5.39. The molecule has 0 saturated carbocycles. The molecule has 1 aliphatic heterocycles. The smallest absolute Gasteiger partial charge is 0.352 e. The maximum atomic E-state index is 12.6. The van der Waals surface area contributed by atoms with Crippen LogP contribution < -0.4 is 10.6 Å². The maximum Gasteiger partial charge on any atom is 0.416 e. The minimum absolute atomic E-state index is 0.110. The highest BCUT2D eigenvalue weighted by atomic mass is 19.4. The van der Waals surface area contributed by atoms with Crippen LogP contribution >= 0.6 is 0 Å².